The normalized spacial score (nSPS) is 13.9. The van der Waals surface area contributed by atoms with Gasteiger partial charge in [-0.15, -0.1) is 0 Å². The fraction of sp³-hybridized carbons (Fsp3) is 0.615. The molecule has 2 N–H and O–H groups in total. The van der Waals surface area contributed by atoms with Crippen LogP contribution in [0.15, 0.2) is 0 Å². The lowest BCUT2D eigenvalue weighted by Gasteiger charge is -2.19. The van der Waals surface area contributed by atoms with Gasteiger partial charge in [-0.3, -0.25) is 4.68 Å². The first-order valence-electron chi connectivity index (χ1n) is 6.56. The van der Waals surface area contributed by atoms with E-state index in [1.54, 1.807) is 25.5 Å². The zero-order valence-corrected chi connectivity index (χ0v) is 11.9. The van der Waals surface area contributed by atoms with Crippen LogP contribution in [-0.2, 0) is 24.2 Å². The van der Waals surface area contributed by atoms with E-state index in [4.69, 9.17) is 4.74 Å². The van der Waals surface area contributed by atoms with Crippen molar-refractivity contribution in [1.82, 2.24) is 15.1 Å². The summed E-state index contributed by atoms with van der Waals surface area (Å²) >= 11 is 0. The molecule has 20 heavy (non-hydrogen) atoms. The number of fused-ring (bicyclic) bond motifs is 1. The molecule has 0 unspecified atom stereocenters. The van der Waals surface area contributed by atoms with E-state index < -0.39 is 17.7 Å². The van der Waals surface area contributed by atoms with Crippen molar-refractivity contribution in [3.63, 3.8) is 0 Å². The molecule has 0 fully saturated rings. The van der Waals surface area contributed by atoms with Gasteiger partial charge in [0.25, 0.3) is 0 Å². The number of nitrogens with zero attached hydrogens (tertiary/aromatic N) is 2. The van der Waals surface area contributed by atoms with Crippen molar-refractivity contribution >= 4 is 12.1 Å². The van der Waals surface area contributed by atoms with E-state index in [0.29, 0.717) is 12.1 Å². The Balaban J connectivity index is 2.07. The van der Waals surface area contributed by atoms with Crippen molar-refractivity contribution in [3.05, 3.63) is 17.0 Å². The predicted octanol–water partition coefficient (Wildman–Crippen LogP) is 1.55. The number of carboxylic acid groups (broad SMARTS) is 1. The molecule has 0 aromatic carbocycles. The Morgan fingerprint density at radius 1 is 1.45 bits per heavy atom. The molecule has 2 heterocycles. The maximum Gasteiger partial charge on any atom is 0.407 e. The highest BCUT2D eigenvalue weighted by Gasteiger charge is 2.26. The van der Waals surface area contributed by atoms with Crippen LogP contribution in [0.1, 0.15) is 48.9 Å². The number of carbonyl (C=O) groups is 2. The monoisotopic (exact) mass is 281 g/mol. The Morgan fingerprint density at radius 3 is 2.75 bits per heavy atom. The highest BCUT2D eigenvalue weighted by molar-refractivity contribution is 5.90. The van der Waals surface area contributed by atoms with Gasteiger partial charge in [0.2, 0.25) is 0 Å². The molecule has 0 bridgehead atoms. The number of nitrogens with one attached hydrogen (secondary N) is 1. The van der Waals surface area contributed by atoms with Gasteiger partial charge in [0.15, 0.2) is 0 Å². The smallest absolute Gasteiger partial charge is 0.407 e. The summed E-state index contributed by atoms with van der Waals surface area (Å²) < 4.78 is 6.81. The zero-order chi connectivity index (χ0) is 14.9. The van der Waals surface area contributed by atoms with Crippen molar-refractivity contribution < 1.29 is 19.4 Å². The van der Waals surface area contributed by atoms with Crippen LogP contribution in [0.5, 0.6) is 0 Å². The summed E-state index contributed by atoms with van der Waals surface area (Å²) in [5, 5.41) is 16.1. The molecular weight excluding hydrogens is 262 g/mol. The number of rotatable bonds is 3. The molecule has 2 rings (SSSR count). The number of ether oxygens (including phenoxy) is 1. The van der Waals surface area contributed by atoms with E-state index >= 15 is 0 Å². The van der Waals surface area contributed by atoms with E-state index in [-0.39, 0.29) is 12.1 Å². The van der Waals surface area contributed by atoms with Crippen molar-refractivity contribution in [3.8, 4) is 0 Å². The van der Waals surface area contributed by atoms with E-state index in [9.17, 15) is 14.7 Å². The third-order valence-electron chi connectivity index (χ3n) is 2.93. The van der Waals surface area contributed by atoms with Crippen molar-refractivity contribution in [2.45, 2.75) is 52.3 Å². The summed E-state index contributed by atoms with van der Waals surface area (Å²) in [5.41, 5.74) is 0.727. The third kappa shape index (κ3) is 3.09. The summed E-state index contributed by atoms with van der Waals surface area (Å²) in [7, 11) is 0. The highest BCUT2D eigenvalue weighted by Crippen LogP contribution is 2.22. The molecule has 1 aromatic rings. The topological polar surface area (TPSA) is 93.5 Å². The summed E-state index contributed by atoms with van der Waals surface area (Å²) in [4.78, 5) is 22.9. The second-order valence-corrected chi connectivity index (χ2v) is 5.76. The molecule has 1 aromatic heterocycles. The van der Waals surface area contributed by atoms with Crippen molar-refractivity contribution in [2.24, 2.45) is 0 Å². The summed E-state index contributed by atoms with van der Waals surface area (Å²) in [6, 6.07) is 0. The number of amides is 1. The molecule has 1 aliphatic rings. The standard InChI is InChI=1S/C13H19N3O4/c1-13(2,3)20-12(19)14-7-8-10(11(17)18)9-5-4-6-16(9)15-8/h4-7H2,1-3H3,(H,14,19)(H,17,18). The molecule has 0 saturated heterocycles. The van der Waals surface area contributed by atoms with Crippen LogP contribution in [0.3, 0.4) is 0 Å². The van der Waals surface area contributed by atoms with Crippen LogP contribution in [-0.4, -0.2) is 32.6 Å². The van der Waals surface area contributed by atoms with Crippen LogP contribution < -0.4 is 5.32 Å². The Hall–Kier alpha value is -2.05. The molecule has 7 heteroatoms. The van der Waals surface area contributed by atoms with Gasteiger partial charge in [0.1, 0.15) is 11.2 Å². The van der Waals surface area contributed by atoms with Crippen molar-refractivity contribution in [2.75, 3.05) is 0 Å². The number of alkyl carbamates (subject to hydrolysis) is 1. The van der Waals surface area contributed by atoms with Gasteiger partial charge < -0.3 is 15.2 Å². The van der Waals surface area contributed by atoms with Gasteiger partial charge in [-0.2, -0.15) is 5.10 Å². The average Bonchev–Trinajstić information content (AvgIpc) is 2.81. The molecule has 1 aliphatic heterocycles. The molecular formula is C13H19N3O4. The number of carbonyl (C=O) groups excluding carboxylic acids is 1. The Kier molecular flexibility index (Phi) is 3.69. The van der Waals surface area contributed by atoms with E-state index in [2.05, 4.69) is 10.4 Å². The number of hydrogen-bond acceptors (Lipinski definition) is 4. The highest BCUT2D eigenvalue weighted by atomic mass is 16.6. The SMILES string of the molecule is CC(C)(C)OC(=O)NCc1nn2c(c1C(=O)O)CCC2. The van der Waals surface area contributed by atoms with Gasteiger partial charge in [0.05, 0.1) is 17.9 Å². The first kappa shape index (κ1) is 14.4. The maximum atomic E-state index is 11.6. The number of hydrogen-bond donors (Lipinski definition) is 2. The molecule has 0 aliphatic carbocycles. The van der Waals surface area contributed by atoms with E-state index in [1.165, 1.54) is 0 Å². The lowest BCUT2D eigenvalue weighted by molar-refractivity contribution is 0.0520. The van der Waals surface area contributed by atoms with Gasteiger partial charge in [-0.1, -0.05) is 0 Å². The predicted molar refractivity (Wildman–Crippen MR) is 70.6 cm³/mol. The molecule has 110 valence electrons. The molecule has 0 radical (unpaired) electrons. The second-order valence-electron chi connectivity index (χ2n) is 5.76. The molecule has 0 atom stereocenters. The molecule has 1 amide bonds. The fourth-order valence-corrected chi connectivity index (χ4v) is 2.23. The number of aryl methyl sites for hydroxylation is 1. The summed E-state index contributed by atoms with van der Waals surface area (Å²) in [6.07, 6.45) is 1.03. The van der Waals surface area contributed by atoms with E-state index in [0.717, 1.165) is 18.7 Å². The molecule has 7 nitrogen and oxygen atoms in total. The molecule has 0 saturated carbocycles. The summed E-state index contributed by atoms with van der Waals surface area (Å²) in [6.45, 7) is 6.07. The van der Waals surface area contributed by atoms with Gasteiger partial charge in [-0.25, -0.2) is 9.59 Å². The first-order chi connectivity index (χ1) is 9.28. The Bertz CT molecular complexity index is 543. The minimum absolute atomic E-state index is 0.0521. The largest absolute Gasteiger partial charge is 0.478 e. The second kappa shape index (κ2) is 5.15. The van der Waals surface area contributed by atoms with Crippen LogP contribution in [0.2, 0.25) is 0 Å². The maximum absolute atomic E-state index is 11.6. The first-order valence-corrected chi connectivity index (χ1v) is 6.56. The summed E-state index contributed by atoms with van der Waals surface area (Å²) in [5.74, 6) is -1.01. The van der Waals surface area contributed by atoms with E-state index in [1.807, 2.05) is 0 Å². The van der Waals surface area contributed by atoms with Gasteiger partial charge in [-0.05, 0) is 33.6 Å². The Labute approximate surface area is 116 Å². The average molecular weight is 281 g/mol. The fourth-order valence-electron chi connectivity index (χ4n) is 2.23. The Morgan fingerprint density at radius 2 is 2.15 bits per heavy atom. The number of aromatic nitrogens is 2. The minimum Gasteiger partial charge on any atom is -0.478 e. The number of aromatic carboxylic acids is 1. The molecule has 0 spiro atoms. The third-order valence-corrected chi connectivity index (χ3v) is 2.93. The lowest BCUT2D eigenvalue weighted by atomic mass is 10.1. The van der Waals surface area contributed by atoms with Gasteiger partial charge in [0, 0.05) is 6.54 Å². The van der Waals surface area contributed by atoms with Gasteiger partial charge >= 0.3 is 12.1 Å². The lowest BCUT2D eigenvalue weighted by Crippen LogP contribution is -2.32. The van der Waals surface area contributed by atoms with Crippen LogP contribution in [0.4, 0.5) is 4.79 Å². The van der Waals surface area contributed by atoms with Crippen molar-refractivity contribution in [1.29, 1.82) is 0 Å². The van der Waals surface area contributed by atoms with Crippen LogP contribution in [0.25, 0.3) is 0 Å². The number of carboxylic acids is 1. The van der Waals surface area contributed by atoms with Crippen LogP contribution in [0, 0.1) is 0 Å². The quantitative estimate of drug-likeness (QED) is 0.876. The zero-order valence-electron chi connectivity index (χ0n) is 11.9. The van der Waals surface area contributed by atoms with Crippen LogP contribution >= 0.6 is 0 Å². The minimum atomic E-state index is -1.01.